The summed E-state index contributed by atoms with van der Waals surface area (Å²) in [6, 6.07) is 12.1. The van der Waals surface area contributed by atoms with Gasteiger partial charge >= 0.3 is 0 Å². The lowest BCUT2D eigenvalue weighted by Gasteiger charge is -2.13. The summed E-state index contributed by atoms with van der Waals surface area (Å²) in [5.74, 6) is 0.877. The topological polar surface area (TPSA) is 50.7 Å². The maximum absolute atomic E-state index is 13.6. The fourth-order valence-corrected chi connectivity index (χ4v) is 2.02. The Morgan fingerprint density at radius 1 is 1.14 bits per heavy atom. The van der Waals surface area contributed by atoms with E-state index in [-0.39, 0.29) is 19.0 Å². The van der Waals surface area contributed by atoms with Crippen molar-refractivity contribution in [2.45, 2.75) is 13.2 Å². The highest BCUT2D eigenvalue weighted by Gasteiger charge is 2.08. The van der Waals surface area contributed by atoms with E-state index in [1.807, 2.05) is 12.1 Å². The molecule has 0 amide bonds. The molecule has 0 aliphatic carbocycles. The number of hydrogen-bond donors (Lipinski definition) is 2. The summed E-state index contributed by atoms with van der Waals surface area (Å²) in [5.41, 5.74) is 1.52. The van der Waals surface area contributed by atoms with Crippen molar-refractivity contribution in [1.82, 2.24) is 5.32 Å². The van der Waals surface area contributed by atoms with Gasteiger partial charge in [-0.1, -0.05) is 24.3 Å². The molecule has 2 N–H and O–H groups in total. The number of aliphatic hydroxyl groups is 1. The molecule has 2 aromatic carbocycles. The van der Waals surface area contributed by atoms with Crippen molar-refractivity contribution in [3.63, 3.8) is 0 Å². The Morgan fingerprint density at radius 3 is 2.68 bits per heavy atom. The Kier molecular flexibility index (Phi) is 6.18. The van der Waals surface area contributed by atoms with Gasteiger partial charge in [0.25, 0.3) is 0 Å². The van der Waals surface area contributed by atoms with Gasteiger partial charge in [0.05, 0.1) is 13.7 Å². The van der Waals surface area contributed by atoms with E-state index in [4.69, 9.17) is 14.6 Å². The Balaban J connectivity index is 2.03. The Morgan fingerprint density at radius 2 is 1.95 bits per heavy atom. The van der Waals surface area contributed by atoms with Gasteiger partial charge in [-0.2, -0.15) is 0 Å². The second-order valence-corrected chi connectivity index (χ2v) is 4.77. The van der Waals surface area contributed by atoms with Gasteiger partial charge in [0, 0.05) is 18.7 Å². The van der Waals surface area contributed by atoms with E-state index >= 15 is 0 Å². The van der Waals surface area contributed by atoms with Gasteiger partial charge in [0.15, 0.2) is 11.5 Å². The van der Waals surface area contributed by atoms with Crippen LogP contribution in [-0.2, 0) is 13.2 Å². The number of benzene rings is 2. The first kappa shape index (κ1) is 16.3. The highest BCUT2D eigenvalue weighted by Crippen LogP contribution is 2.29. The van der Waals surface area contributed by atoms with Crippen LogP contribution in [0, 0.1) is 5.82 Å². The van der Waals surface area contributed by atoms with E-state index in [9.17, 15) is 4.39 Å². The smallest absolute Gasteiger partial charge is 0.161 e. The predicted molar refractivity (Wildman–Crippen MR) is 82.5 cm³/mol. The van der Waals surface area contributed by atoms with E-state index in [0.29, 0.717) is 30.2 Å². The first-order valence-electron chi connectivity index (χ1n) is 7.09. The molecule has 0 aliphatic rings. The van der Waals surface area contributed by atoms with Gasteiger partial charge in [0.1, 0.15) is 12.4 Å². The third-order valence-electron chi connectivity index (χ3n) is 3.19. The van der Waals surface area contributed by atoms with Crippen LogP contribution in [-0.4, -0.2) is 25.4 Å². The van der Waals surface area contributed by atoms with Gasteiger partial charge in [-0.05, 0) is 23.8 Å². The molecule has 4 nitrogen and oxygen atoms in total. The van der Waals surface area contributed by atoms with Crippen LogP contribution in [0.5, 0.6) is 11.5 Å². The number of halogens is 1. The molecule has 118 valence electrons. The number of methoxy groups -OCH3 is 1. The lowest BCUT2D eigenvalue weighted by molar-refractivity contribution is 0.279. The first-order valence-corrected chi connectivity index (χ1v) is 7.09. The minimum Gasteiger partial charge on any atom is -0.493 e. The summed E-state index contributed by atoms with van der Waals surface area (Å²) in [7, 11) is 1.57. The monoisotopic (exact) mass is 305 g/mol. The van der Waals surface area contributed by atoms with Gasteiger partial charge < -0.3 is 19.9 Å². The normalized spacial score (nSPS) is 10.5. The maximum atomic E-state index is 13.6. The van der Waals surface area contributed by atoms with Crippen LogP contribution in [0.3, 0.4) is 0 Å². The zero-order valence-corrected chi connectivity index (χ0v) is 12.5. The van der Waals surface area contributed by atoms with Crippen molar-refractivity contribution in [2.75, 3.05) is 20.3 Å². The van der Waals surface area contributed by atoms with Crippen LogP contribution in [0.2, 0.25) is 0 Å². The van der Waals surface area contributed by atoms with Gasteiger partial charge in [-0.25, -0.2) is 4.39 Å². The van der Waals surface area contributed by atoms with E-state index in [0.717, 1.165) is 5.56 Å². The number of nitrogens with one attached hydrogen (secondary N) is 1. The number of hydrogen-bond acceptors (Lipinski definition) is 4. The van der Waals surface area contributed by atoms with Crippen LogP contribution in [0.4, 0.5) is 4.39 Å². The second-order valence-electron chi connectivity index (χ2n) is 4.77. The Hall–Kier alpha value is -2.11. The minimum absolute atomic E-state index is 0.0982. The van der Waals surface area contributed by atoms with Crippen molar-refractivity contribution in [2.24, 2.45) is 0 Å². The third-order valence-corrected chi connectivity index (χ3v) is 3.19. The molecule has 2 aromatic rings. The lowest BCUT2D eigenvalue weighted by atomic mass is 10.2. The maximum Gasteiger partial charge on any atom is 0.161 e. The van der Waals surface area contributed by atoms with Crippen molar-refractivity contribution in [1.29, 1.82) is 0 Å². The summed E-state index contributed by atoms with van der Waals surface area (Å²) in [6.45, 7) is 1.41. The molecule has 0 bridgehead atoms. The average Bonchev–Trinajstić information content (AvgIpc) is 2.55. The van der Waals surface area contributed by atoms with E-state index in [2.05, 4.69) is 5.32 Å². The molecule has 0 radical (unpaired) electrons. The zero-order valence-electron chi connectivity index (χ0n) is 12.5. The molecular weight excluding hydrogens is 285 g/mol. The van der Waals surface area contributed by atoms with Gasteiger partial charge in [0.2, 0.25) is 0 Å². The number of ether oxygens (including phenoxy) is 2. The fourth-order valence-electron chi connectivity index (χ4n) is 2.02. The van der Waals surface area contributed by atoms with Gasteiger partial charge in [-0.15, -0.1) is 0 Å². The molecule has 2 rings (SSSR count). The summed E-state index contributed by atoms with van der Waals surface area (Å²) >= 11 is 0. The summed E-state index contributed by atoms with van der Waals surface area (Å²) in [4.78, 5) is 0. The summed E-state index contributed by atoms with van der Waals surface area (Å²) in [6.07, 6.45) is 0. The second kappa shape index (κ2) is 8.36. The van der Waals surface area contributed by atoms with E-state index < -0.39 is 0 Å². The largest absolute Gasteiger partial charge is 0.493 e. The summed E-state index contributed by atoms with van der Waals surface area (Å²) < 4.78 is 24.5. The molecule has 0 saturated heterocycles. The average molecular weight is 305 g/mol. The zero-order chi connectivity index (χ0) is 15.8. The molecule has 5 heteroatoms. The quantitative estimate of drug-likeness (QED) is 0.736. The van der Waals surface area contributed by atoms with E-state index in [1.54, 1.807) is 31.4 Å². The molecule has 0 spiro atoms. The Labute approximate surface area is 129 Å². The summed E-state index contributed by atoms with van der Waals surface area (Å²) in [5, 5.41) is 11.8. The molecule has 0 atom stereocenters. The van der Waals surface area contributed by atoms with E-state index in [1.165, 1.54) is 6.07 Å². The Bertz CT molecular complexity index is 604. The van der Waals surface area contributed by atoms with Gasteiger partial charge in [-0.3, -0.25) is 0 Å². The van der Waals surface area contributed by atoms with Crippen molar-refractivity contribution >= 4 is 0 Å². The van der Waals surface area contributed by atoms with Crippen LogP contribution < -0.4 is 14.8 Å². The molecule has 0 saturated carbocycles. The predicted octanol–water partition coefficient (Wildman–Crippen LogP) is 2.50. The van der Waals surface area contributed by atoms with Crippen LogP contribution in [0.1, 0.15) is 11.1 Å². The minimum atomic E-state index is -0.286. The molecular formula is C17H20FNO3. The fraction of sp³-hybridized carbons (Fsp3) is 0.294. The van der Waals surface area contributed by atoms with Crippen LogP contribution >= 0.6 is 0 Å². The van der Waals surface area contributed by atoms with Crippen molar-refractivity contribution in [3.8, 4) is 11.5 Å². The number of rotatable bonds is 8. The van der Waals surface area contributed by atoms with Crippen LogP contribution in [0.25, 0.3) is 0 Å². The number of aliphatic hydroxyl groups excluding tert-OH is 1. The molecule has 0 heterocycles. The van der Waals surface area contributed by atoms with Crippen molar-refractivity contribution in [3.05, 3.63) is 59.4 Å². The molecule has 0 unspecified atom stereocenters. The molecule has 0 aromatic heterocycles. The molecule has 22 heavy (non-hydrogen) atoms. The molecule has 0 fully saturated rings. The highest BCUT2D eigenvalue weighted by molar-refractivity contribution is 5.43. The van der Waals surface area contributed by atoms with Crippen LogP contribution in [0.15, 0.2) is 42.5 Å². The third kappa shape index (κ3) is 4.44. The highest BCUT2D eigenvalue weighted by atomic mass is 19.1. The lowest BCUT2D eigenvalue weighted by Crippen LogP contribution is -2.17. The SMILES string of the molecule is COc1cc(CNCCO)ccc1OCc1ccccc1F. The van der Waals surface area contributed by atoms with Crippen molar-refractivity contribution < 1.29 is 19.0 Å². The standard InChI is InChI=1S/C17H20FNO3/c1-21-17-10-13(11-19-8-9-20)6-7-16(17)22-12-14-4-2-3-5-15(14)18/h2-7,10,19-20H,8-9,11-12H2,1H3. The molecule has 0 aliphatic heterocycles. The first-order chi connectivity index (χ1) is 10.7.